The van der Waals surface area contributed by atoms with E-state index in [1.807, 2.05) is 0 Å². The second kappa shape index (κ2) is 4.49. The maximum Gasteiger partial charge on any atom is 0.407 e. The first-order valence-corrected chi connectivity index (χ1v) is 5.21. The highest BCUT2D eigenvalue weighted by atomic mass is 35.5. The van der Waals surface area contributed by atoms with Crippen molar-refractivity contribution >= 4 is 28.7 Å². The molecular formula is C8H3ClF6OS. The van der Waals surface area contributed by atoms with E-state index < -0.39 is 34.0 Å². The van der Waals surface area contributed by atoms with E-state index >= 15 is 0 Å². The lowest BCUT2D eigenvalue weighted by Gasteiger charge is -2.21. The van der Waals surface area contributed by atoms with Gasteiger partial charge >= 0.3 is 12.4 Å². The molecular weight excluding hydrogens is 294 g/mol. The van der Waals surface area contributed by atoms with Gasteiger partial charge in [-0.2, -0.15) is 26.3 Å². The van der Waals surface area contributed by atoms with Gasteiger partial charge < -0.3 is 0 Å². The third-order valence-corrected chi connectivity index (χ3v) is 3.11. The Labute approximate surface area is 100.0 Å². The molecule has 0 saturated heterocycles. The summed E-state index contributed by atoms with van der Waals surface area (Å²) < 4.78 is 73.3. The van der Waals surface area contributed by atoms with Gasteiger partial charge in [-0.05, 0) is 11.4 Å². The topological polar surface area (TPSA) is 17.1 Å². The van der Waals surface area contributed by atoms with Gasteiger partial charge in [0.1, 0.15) is 0 Å². The average molecular weight is 297 g/mol. The van der Waals surface area contributed by atoms with Gasteiger partial charge in [-0.15, -0.1) is 11.3 Å². The predicted octanol–water partition coefficient (Wildman–Crippen LogP) is 4.33. The van der Waals surface area contributed by atoms with Crippen LogP contribution in [0.2, 0.25) is 5.02 Å². The van der Waals surface area contributed by atoms with Crippen molar-refractivity contribution in [3.05, 3.63) is 21.3 Å². The molecule has 96 valence electrons. The van der Waals surface area contributed by atoms with Gasteiger partial charge in [-0.25, -0.2) is 0 Å². The molecule has 0 aliphatic rings. The maximum atomic E-state index is 12.2. The highest BCUT2D eigenvalue weighted by Gasteiger charge is 2.61. The Morgan fingerprint density at radius 1 is 1.18 bits per heavy atom. The van der Waals surface area contributed by atoms with Crippen LogP contribution in [0.25, 0.3) is 0 Å². The molecule has 1 nitrogen and oxygen atoms in total. The van der Waals surface area contributed by atoms with Crippen molar-refractivity contribution in [2.24, 2.45) is 5.92 Å². The number of ketones is 1. The van der Waals surface area contributed by atoms with Crippen LogP contribution in [0.3, 0.4) is 0 Å². The number of Topliss-reactive ketones (excluding diaryl/α,β-unsaturated/α-hetero) is 1. The number of alkyl halides is 6. The van der Waals surface area contributed by atoms with Crippen molar-refractivity contribution < 1.29 is 31.1 Å². The quantitative estimate of drug-likeness (QED) is 0.586. The van der Waals surface area contributed by atoms with Crippen molar-refractivity contribution in [3.63, 3.8) is 0 Å². The predicted molar refractivity (Wildman–Crippen MR) is 49.3 cm³/mol. The highest BCUT2D eigenvalue weighted by Crippen LogP contribution is 2.42. The van der Waals surface area contributed by atoms with Gasteiger partial charge in [0, 0.05) is 0 Å². The monoisotopic (exact) mass is 296 g/mol. The summed E-state index contributed by atoms with van der Waals surface area (Å²) in [4.78, 5) is 10.5. The van der Waals surface area contributed by atoms with Crippen LogP contribution in [0.1, 0.15) is 9.67 Å². The summed E-state index contributed by atoms with van der Waals surface area (Å²) in [6.07, 6.45) is -11.4. The lowest BCUT2D eigenvalue weighted by Crippen LogP contribution is -2.42. The fourth-order valence-electron chi connectivity index (χ4n) is 1.08. The fraction of sp³-hybridized carbons (Fsp3) is 0.375. The Morgan fingerprint density at radius 3 is 1.94 bits per heavy atom. The first-order valence-electron chi connectivity index (χ1n) is 3.95. The number of rotatable bonds is 2. The zero-order valence-corrected chi connectivity index (χ0v) is 9.27. The molecule has 0 unspecified atom stereocenters. The van der Waals surface area contributed by atoms with Crippen LogP contribution in [0, 0.1) is 5.92 Å². The molecule has 0 N–H and O–H groups in total. The van der Waals surface area contributed by atoms with E-state index in [9.17, 15) is 31.1 Å². The summed E-state index contributed by atoms with van der Waals surface area (Å²) in [5.41, 5.74) is 0. The van der Waals surface area contributed by atoms with Crippen molar-refractivity contribution in [1.29, 1.82) is 0 Å². The fourth-order valence-corrected chi connectivity index (χ4v) is 2.20. The molecule has 1 heterocycles. The van der Waals surface area contributed by atoms with E-state index in [-0.39, 0.29) is 0 Å². The molecule has 0 aromatic carbocycles. The summed E-state index contributed by atoms with van der Waals surface area (Å²) in [5, 5.41) is 0.720. The Morgan fingerprint density at radius 2 is 1.65 bits per heavy atom. The Hall–Kier alpha value is -0.760. The molecule has 0 bridgehead atoms. The van der Waals surface area contributed by atoms with E-state index in [4.69, 9.17) is 11.6 Å². The normalized spacial score (nSPS) is 13.2. The van der Waals surface area contributed by atoms with Gasteiger partial charge in [0.15, 0.2) is 5.78 Å². The Balaban J connectivity index is 3.18. The van der Waals surface area contributed by atoms with Crippen molar-refractivity contribution in [1.82, 2.24) is 0 Å². The highest BCUT2D eigenvalue weighted by molar-refractivity contribution is 7.12. The summed E-state index contributed by atoms with van der Waals surface area (Å²) >= 11 is 5.77. The second-order valence-electron chi connectivity index (χ2n) is 2.98. The number of hydrogen-bond donors (Lipinski definition) is 0. The van der Waals surface area contributed by atoms with E-state index in [0.29, 0.717) is 11.3 Å². The number of thiophene rings is 1. The van der Waals surface area contributed by atoms with Gasteiger partial charge in [-0.3, -0.25) is 4.79 Å². The van der Waals surface area contributed by atoms with E-state index in [1.54, 1.807) is 0 Å². The van der Waals surface area contributed by atoms with Crippen LogP contribution in [0.4, 0.5) is 26.3 Å². The van der Waals surface area contributed by atoms with Crippen molar-refractivity contribution in [2.45, 2.75) is 12.4 Å². The number of hydrogen-bond acceptors (Lipinski definition) is 2. The molecule has 1 rings (SSSR count). The molecule has 0 aliphatic carbocycles. The first-order chi connectivity index (χ1) is 7.55. The molecule has 1 aromatic rings. The number of carbonyl (C=O) groups is 1. The first kappa shape index (κ1) is 14.3. The molecule has 1 aromatic heterocycles. The van der Waals surface area contributed by atoms with Crippen LogP contribution in [0.5, 0.6) is 0 Å². The van der Waals surface area contributed by atoms with E-state index in [2.05, 4.69) is 0 Å². The lowest BCUT2D eigenvalue weighted by molar-refractivity contribution is -0.264. The standard InChI is InChI=1S/C8H3ClF6OS/c9-3-1-2-17-5(3)4(16)6(7(10,11)12)8(13,14)15/h1-2,6H. The SMILES string of the molecule is O=C(c1sccc1Cl)C(C(F)(F)F)C(F)(F)F. The number of carbonyl (C=O) groups excluding carboxylic acids is 1. The van der Waals surface area contributed by atoms with Crippen LogP contribution in [0.15, 0.2) is 11.4 Å². The molecule has 0 fully saturated rings. The van der Waals surface area contributed by atoms with E-state index in [1.165, 1.54) is 0 Å². The Bertz CT molecular complexity index is 406. The summed E-state index contributed by atoms with van der Waals surface area (Å²) in [6, 6.07) is 1.06. The largest absolute Gasteiger partial charge is 0.407 e. The molecule has 0 saturated carbocycles. The minimum Gasteiger partial charge on any atom is -0.292 e. The molecule has 17 heavy (non-hydrogen) atoms. The van der Waals surface area contributed by atoms with Gasteiger partial charge in [0.25, 0.3) is 0 Å². The zero-order chi connectivity index (χ0) is 13.4. The molecule has 0 aliphatic heterocycles. The van der Waals surface area contributed by atoms with Gasteiger partial charge in [-0.1, -0.05) is 11.6 Å². The average Bonchev–Trinajstić information content (AvgIpc) is 2.45. The lowest BCUT2D eigenvalue weighted by atomic mass is 10.0. The zero-order valence-electron chi connectivity index (χ0n) is 7.69. The third-order valence-electron chi connectivity index (χ3n) is 1.76. The number of halogens is 7. The van der Waals surface area contributed by atoms with Crippen LogP contribution in [-0.2, 0) is 0 Å². The van der Waals surface area contributed by atoms with Crippen molar-refractivity contribution in [3.8, 4) is 0 Å². The Kier molecular flexibility index (Phi) is 3.78. The minimum atomic E-state index is -5.69. The molecule has 0 amide bonds. The second-order valence-corrected chi connectivity index (χ2v) is 4.30. The molecule has 0 atom stereocenters. The van der Waals surface area contributed by atoms with Crippen LogP contribution in [-0.4, -0.2) is 18.1 Å². The van der Waals surface area contributed by atoms with Gasteiger partial charge in [0.2, 0.25) is 5.92 Å². The third kappa shape index (κ3) is 3.12. The smallest absolute Gasteiger partial charge is 0.292 e. The maximum absolute atomic E-state index is 12.2. The minimum absolute atomic E-state index is 0.418. The summed E-state index contributed by atoms with van der Waals surface area (Å²) in [6.45, 7) is 0. The summed E-state index contributed by atoms with van der Waals surface area (Å²) in [5.74, 6) is -6.11. The van der Waals surface area contributed by atoms with Crippen LogP contribution < -0.4 is 0 Å². The summed E-state index contributed by atoms with van der Waals surface area (Å²) in [7, 11) is 0. The molecule has 0 spiro atoms. The van der Waals surface area contributed by atoms with Crippen molar-refractivity contribution in [2.75, 3.05) is 0 Å². The van der Waals surface area contributed by atoms with Gasteiger partial charge in [0.05, 0.1) is 9.90 Å². The van der Waals surface area contributed by atoms with Crippen LogP contribution >= 0.6 is 22.9 Å². The van der Waals surface area contributed by atoms with E-state index in [0.717, 1.165) is 11.4 Å². The molecule has 0 radical (unpaired) electrons. The molecule has 9 heteroatoms.